The van der Waals surface area contributed by atoms with Crippen molar-refractivity contribution in [2.24, 2.45) is 0 Å². The molecular formula is C21H21NO4S2. The van der Waals surface area contributed by atoms with Gasteiger partial charge < -0.3 is 4.74 Å². The molecule has 0 spiro atoms. The third-order valence-electron chi connectivity index (χ3n) is 4.33. The Labute approximate surface area is 169 Å². The second-order valence-corrected chi connectivity index (χ2v) is 9.22. The Morgan fingerprint density at radius 3 is 2.50 bits per heavy atom. The van der Waals surface area contributed by atoms with Gasteiger partial charge in [-0.15, -0.1) is 11.3 Å². The molecule has 2 aromatic carbocycles. The second-order valence-electron chi connectivity index (χ2n) is 6.25. The van der Waals surface area contributed by atoms with Gasteiger partial charge in [-0.1, -0.05) is 36.4 Å². The normalized spacial score (nSPS) is 11.5. The largest absolute Gasteiger partial charge is 0.496 e. The summed E-state index contributed by atoms with van der Waals surface area (Å²) in [4.78, 5) is 12.7. The fourth-order valence-corrected chi connectivity index (χ4v) is 5.09. The number of para-hydroxylation sites is 1. The smallest absolute Gasteiger partial charge is 0.243 e. The van der Waals surface area contributed by atoms with Crippen LogP contribution in [0.15, 0.2) is 70.9 Å². The molecule has 0 aliphatic rings. The van der Waals surface area contributed by atoms with Crippen molar-refractivity contribution >= 4 is 27.1 Å². The minimum absolute atomic E-state index is 0.103. The number of methoxy groups -OCH3 is 1. The van der Waals surface area contributed by atoms with Crippen LogP contribution < -0.4 is 4.74 Å². The zero-order valence-electron chi connectivity index (χ0n) is 15.7. The van der Waals surface area contributed by atoms with E-state index in [-0.39, 0.29) is 23.8 Å². The number of hydrogen-bond acceptors (Lipinski definition) is 5. The first-order valence-electron chi connectivity index (χ1n) is 8.67. The summed E-state index contributed by atoms with van der Waals surface area (Å²) < 4.78 is 33.6. The summed E-state index contributed by atoms with van der Waals surface area (Å²) >= 11 is 1.50. The van der Waals surface area contributed by atoms with E-state index in [2.05, 4.69) is 0 Å². The molecule has 7 heteroatoms. The maximum atomic E-state index is 13.4. The highest BCUT2D eigenvalue weighted by Crippen LogP contribution is 2.27. The molecule has 0 saturated carbocycles. The van der Waals surface area contributed by atoms with E-state index in [1.165, 1.54) is 34.7 Å². The predicted molar refractivity (Wildman–Crippen MR) is 110 cm³/mol. The lowest BCUT2D eigenvalue weighted by Gasteiger charge is -2.23. The number of Topliss-reactive ketones (excluding diaryl/α,β-unsaturated/α-hetero) is 1. The van der Waals surface area contributed by atoms with Crippen molar-refractivity contribution < 1.29 is 17.9 Å². The molecular weight excluding hydrogens is 394 g/mol. The van der Waals surface area contributed by atoms with E-state index in [0.717, 1.165) is 10.4 Å². The molecule has 1 aromatic heterocycles. The summed E-state index contributed by atoms with van der Waals surface area (Å²) in [6, 6.07) is 17.3. The summed E-state index contributed by atoms with van der Waals surface area (Å²) in [5.41, 5.74) is 1.14. The summed E-state index contributed by atoms with van der Waals surface area (Å²) in [5, 5.41) is 1.92. The van der Waals surface area contributed by atoms with Crippen LogP contribution in [0.3, 0.4) is 0 Å². The van der Waals surface area contributed by atoms with E-state index in [0.29, 0.717) is 11.3 Å². The molecule has 0 radical (unpaired) electrons. The van der Waals surface area contributed by atoms with Crippen molar-refractivity contribution in [1.82, 2.24) is 4.31 Å². The van der Waals surface area contributed by atoms with Crippen molar-refractivity contribution in [2.75, 3.05) is 7.11 Å². The molecule has 0 atom stereocenters. The van der Waals surface area contributed by atoms with Gasteiger partial charge in [0, 0.05) is 29.1 Å². The Hall–Kier alpha value is -2.48. The van der Waals surface area contributed by atoms with Gasteiger partial charge in [0.25, 0.3) is 0 Å². The molecule has 1 heterocycles. The zero-order chi connectivity index (χ0) is 20.1. The maximum Gasteiger partial charge on any atom is 0.243 e. The first-order chi connectivity index (χ1) is 13.4. The van der Waals surface area contributed by atoms with E-state index in [1.807, 2.05) is 41.8 Å². The monoisotopic (exact) mass is 415 g/mol. The molecule has 5 nitrogen and oxygen atoms in total. The van der Waals surface area contributed by atoms with Gasteiger partial charge in [-0.25, -0.2) is 8.42 Å². The molecule has 3 aromatic rings. The third kappa shape index (κ3) is 4.49. The van der Waals surface area contributed by atoms with Crippen LogP contribution in [0.1, 0.15) is 27.7 Å². The number of sulfonamides is 1. The number of carbonyl (C=O) groups excluding carboxylic acids is 1. The SMILES string of the molecule is COc1ccccc1CN(Cc1cccs1)S(=O)(=O)c1cccc(C(C)=O)c1. The average Bonchev–Trinajstić information content (AvgIpc) is 3.21. The number of ketones is 1. The van der Waals surface area contributed by atoms with Crippen LogP contribution in [0.4, 0.5) is 0 Å². The lowest BCUT2D eigenvalue weighted by Crippen LogP contribution is -2.30. The van der Waals surface area contributed by atoms with Gasteiger partial charge in [-0.2, -0.15) is 4.31 Å². The molecule has 0 bridgehead atoms. The molecule has 0 aliphatic heterocycles. The molecule has 3 rings (SSSR count). The number of nitrogens with zero attached hydrogens (tertiary/aromatic N) is 1. The summed E-state index contributed by atoms with van der Waals surface area (Å²) in [5.74, 6) is 0.456. The number of carbonyl (C=O) groups is 1. The highest BCUT2D eigenvalue weighted by Gasteiger charge is 2.26. The highest BCUT2D eigenvalue weighted by atomic mass is 32.2. The molecule has 146 valence electrons. The van der Waals surface area contributed by atoms with E-state index in [4.69, 9.17) is 4.74 Å². The van der Waals surface area contributed by atoms with Gasteiger partial charge in [0.15, 0.2) is 5.78 Å². The van der Waals surface area contributed by atoms with Gasteiger partial charge >= 0.3 is 0 Å². The standard InChI is InChI=1S/C21H21NO4S2/c1-16(23)17-8-5-10-20(13-17)28(24,25)22(15-19-9-6-12-27-19)14-18-7-3-4-11-21(18)26-2/h3-13H,14-15H2,1-2H3. The van der Waals surface area contributed by atoms with Crippen LogP contribution in [-0.4, -0.2) is 25.6 Å². The Bertz CT molecular complexity index is 1060. The van der Waals surface area contributed by atoms with E-state index in [1.54, 1.807) is 19.2 Å². The first-order valence-corrected chi connectivity index (χ1v) is 11.0. The Morgan fingerprint density at radius 2 is 1.82 bits per heavy atom. The molecule has 0 fully saturated rings. The predicted octanol–water partition coefficient (Wildman–Crippen LogP) is 4.35. The summed E-state index contributed by atoms with van der Waals surface area (Å²) in [6.45, 7) is 1.82. The van der Waals surface area contributed by atoms with Crippen molar-refractivity contribution in [3.05, 3.63) is 82.0 Å². The lowest BCUT2D eigenvalue weighted by molar-refractivity contribution is 0.101. The topological polar surface area (TPSA) is 63.7 Å². The number of thiophene rings is 1. The minimum atomic E-state index is -3.82. The number of rotatable bonds is 8. The van der Waals surface area contributed by atoms with Gasteiger partial charge in [-0.05, 0) is 36.6 Å². The van der Waals surface area contributed by atoms with Crippen LogP contribution in [-0.2, 0) is 23.1 Å². The zero-order valence-corrected chi connectivity index (χ0v) is 17.3. The number of ether oxygens (including phenoxy) is 1. The average molecular weight is 416 g/mol. The van der Waals surface area contributed by atoms with E-state index < -0.39 is 10.0 Å². The van der Waals surface area contributed by atoms with Crippen LogP contribution in [0.25, 0.3) is 0 Å². The summed E-state index contributed by atoms with van der Waals surface area (Å²) in [7, 11) is -2.26. The van der Waals surface area contributed by atoms with Crippen molar-refractivity contribution in [2.45, 2.75) is 24.9 Å². The molecule has 28 heavy (non-hydrogen) atoms. The lowest BCUT2D eigenvalue weighted by atomic mass is 10.2. The Balaban J connectivity index is 2.02. The van der Waals surface area contributed by atoms with Crippen LogP contribution >= 0.6 is 11.3 Å². The summed E-state index contributed by atoms with van der Waals surface area (Å²) in [6.07, 6.45) is 0. The van der Waals surface area contributed by atoms with Gasteiger partial charge in [0.2, 0.25) is 10.0 Å². The molecule has 0 N–H and O–H groups in total. The first kappa shape index (κ1) is 20.3. The maximum absolute atomic E-state index is 13.4. The number of hydrogen-bond donors (Lipinski definition) is 0. The van der Waals surface area contributed by atoms with Gasteiger partial charge in [0.1, 0.15) is 5.75 Å². The van der Waals surface area contributed by atoms with Gasteiger partial charge in [-0.3, -0.25) is 4.79 Å². The molecule has 0 aliphatic carbocycles. The van der Waals surface area contributed by atoms with Crippen LogP contribution in [0, 0.1) is 0 Å². The van der Waals surface area contributed by atoms with Crippen molar-refractivity contribution in [3.8, 4) is 5.75 Å². The van der Waals surface area contributed by atoms with Crippen molar-refractivity contribution in [1.29, 1.82) is 0 Å². The van der Waals surface area contributed by atoms with Crippen molar-refractivity contribution in [3.63, 3.8) is 0 Å². The fourth-order valence-electron chi connectivity index (χ4n) is 2.85. The minimum Gasteiger partial charge on any atom is -0.496 e. The highest BCUT2D eigenvalue weighted by molar-refractivity contribution is 7.89. The molecule has 0 saturated heterocycles. The van der Waals surface area contributed by atoms with E-state index in [9.17, 15) is 13.2 Å². The number of benzene rings is 2. The molecule has 0 unspecified atom stereocenters. The Morgan fingerprint density at radius 1 is 1.04 bits per heavy atom. The van der Waals surface area contributed by atoms with Crippen LogP contribution in [0.5, 0.6) is 5.75 Å². The van der Waals surface area contributed by atoms with E-state index >= 15 is 0 Å². The molecule has 0 amide bonds. The Kier molecular flexibility index (Phi) is 6.28. The van der Waals surface area contributed by atoms with Gasteiger partial charge in [0.05, 0.1) is 12.0 Å². The fraction of sp³-hybridized carbons (Fsp3) is 0.190. The third-order valence-corrected chi connectivity index (χ3v) is 6.98. The quantitative estimate of drug-likeness (QED) is 0.513. The van der Waals surface area contributed by atoms with Crippen LogP contribution in [0.2, 0.25) is 0 Å². The second kappa shape index (κ2) is 8.68.